The summed E-state index contributed by atoms with van der Waals surface area (Å²) >= 11 is 6.08. The molecule has 5 heterocycles. The number of halogens is 1. The van der Waals surface area contributed by atoms with Crippen molar-refractivity contribution in [1.82, 2.24) is 33.7 Å². The van der Waals surface area contributed by atoms with E-state index in [0.29, 0.717) is 53.3 Å². The number of fused-ring (bicyclic) bond motifs is 2. The van der Waals surface area contributed by atoms with Crippen molar-refractivity contribution in [2.45, 2.75) is 19.6 Å². The molecule has 186 valence electrons. The minimum Gasteiger partial charge on any atom is -0.365 e. The molecule has 0 spiro atoms. The number of hydrogen-bond donors (Lipinski definition) is 1. The molecule has 0 unspecified atom stereocenters. The monoisotopic (exact) mass is 521 g/mol. The average molecular weight is 522 g/mol. The van der Waals surface area contributed by atoms with Crippen LogP contribution in [0.2, 0.25) is 5.02 Å². The summed E-state index contributed by atoms with van der Waals surface area (Å²) < 4.78 is 5.20. The van der Waals surface area contributed by atoms with Gasteiger partial charge in [0.15, 0.2) is 5.65 Å². The van der Waals surface area contributed by atoms with Crippen molar-refractivity contribution < 1.29 is 0 Å². The molecule has 0 atom stereocenters. The lowest BCUT2D eigenvalue weighted by Crippen LogP contribution is -2.18. The minimum atomic E-state index is -0.0266. The van der Waals surface area contributed by atoms with Crippen LogP contribution < -0.4 is 10.9 Å². The minimum absolute atomic E-state index is 0.0266. The van der Waals surface area contributed by atoms with Gasteiger partial charge >= 0.3 is 0 Å². The molecule has 0 aliphatic heterocycles. The molecule has 6 rings (SSSR count). The highest BCUT2D eigenvalue weighted by Gasteiger charge is 2.15. The van der Waals surface area contributed by atoms with E-state index in [-0.39, 0.29) is 5.56 Å². The fraction of sp³-hybridized carbons (Fsp3) is 0.111. The quantitative estimate of drug-likeness (QED) is 0.309. The second-order valence-electron chi connectivity index (χ2n) is 8.69. The van der Waals surface area contributed by atoms with Crippen molar-refractivity contribution in [2.75, 3.05) is 5.32 Å². The molecule has 0 saturated heterocycles. The van der Waals surface area contributed by atoms with Crippen LogP contribution in [0.25, 0.3) is 21.5 Å². The molecule has 0 amide bonds. The first kappa shape index (κ1) is 23.4. The van der Waals surface area contributed by atoms with E-state index in [1.807, 2.05) is 41.2 Å². The molecule has 0 saturated carbocycles. The highest BCUT2D eigenvalue weighted by molar-refractivity contribution is 6.30. The van der Waals surface area contributed by atoms with Crippen LogP contribution in [0.5, 0.6) is 0 Å². The number of rotatable bonds is 7. The van der Waals surface area contributed by atoms with Crippen molar-refractivity contribution in [3.63, 3.8) is 0 Å². The van der Waals surface area contributed by atoms with Crippen LogP contribution in [0, 0.1) is 6.57 Å². The normalized spacial score (nSPS) is 11.2. The van der Waals surface area contributed by atoms with Crippen molar-refractivity contribution in [3.8, 4) is 0 Å². The molecule has 1 N–H and O–H groups in total. The van der Waals surface area contributed by atoms with Crippen molar-refractivity contribution >= 4 is 39.9 Å². The second kappa shape index (κ2) is 9.80. The first-order chi connectivity index (χ1) is 18.6. The number of nitrogens with one attached hydrogen (secondary N) is 1. The van der Waals surface area contributed by atoms with Gasteiger partial charge in [-0.2, -0.15) is 5.10 Å². The van der Waals surface area contributed by atoms with Crippen LogP contribution >= 0.6 is 11.6 Å². The summed E-state index contributed by atoms with van der Waals surface area (Å²) in [6.45, 7) is 8.97. The second-order valence-corrected chi connectivity index (χ2v) is 9.13. The van der Waals surface area contributed by atoms with Crippen LogP contribution in [0.15, 0.2) is 84.3 Å². The highest BCUT2D eigenvalue weighted by atomic mass is 35.5. The summed E-state index contributed by atoms with van der Waals surface area (Å²) in [5.41, 5.74) is 3.85. The van der Waals surface area contributed by atoms with Crippen LogP contribution in [-0.2, 0) is 19.6 Å². The van der Waals surface area contributed by atoms with Gasteiger partial charge in [0, 0.05) is 29.5 Å². The van der Waals surface area contributed by atoms with E-state index >= 15 is 0 Å². The summed E-state index contributed by atoms with van der Waals surface area (Å²) in [4.78, 5) is 28.9. The van der Waals surface area contributed by atoms with Gasteiger partial charge in [-0.25, -0.2) is 19.4 Å². The zero-order valence-corrected chi connectivity index (χ0v) is 20.7. The van der Waals surface area contributed by atoms with E-state index < -0.39 is 0 Å². The number of pyridine rings is 2. The number of hydrogen-bond acceptors (Lipinski definition) is 6. The Bertz CT molecular complexity index is 1880. The first-order valence-corrected chi connectivity index (χ1v) is 12.1. The molecule has 1 aromatic carbocycles. The van der Waals surface area contributed by atoms with E-state index in [9.17, 15) is 4.79 Å². The number of imidazole rings is 1. The Hall–Kier alpha value is -5.01. The van der Waals surface area contributed by atoms with Gasteiger partial charge in [-0.3, -0.25) is 9.48 Å². The summed E-state index contributed by atoms with van der Waals surface area (Å²) in [5.74, 6) is 1.03. The van der Waals surface area contributed by atoms with E-state index in [0.717, 1.165) is 16.5 Å². The standard InChI is InChI=1S/C27H20ClN9O/c1-29-27-22(33-23-12-20(28)9-11-37(23)27)13-30-25-21-16-36(34-26(21)32-17-31-25)15-19-7-5-18(6-8-19)14-35-10-3-2-4-24(35)38/h2-12,16-17H,13-15H2,(H,30,31,32,34). The summed E-state index contributed by atoms with van der Waals surface area (Å²) in [5, 5.41) is 9.21. The zero-order valence-electron chi connectivity index (χ0n) is 20.0. The summed E-state index contributed by atoms with van der Waals surface area (Å²) in [6, 6.07) is 16.7. The highest BCUT2D eigenvalue weighted by Crippen LogP contribution is 2.25. The van der Waals surface area contributed by atoms with Crippen molar-refractivity contribution in [1.29, 1.82) is 0 Å². The fourth-order valence-corrected chi connectivity index (χ4v) is 4.45. The van der Waals surface area contributed by atoms with Gasteiger partial charge in [0.2, 0.25) is 5.65 Å². The fourth-order valence-electron chi connectivity index (χ4n) is 4.29. The first-order valence-electron chi connectivity index (χ1n) is 11.8. The Morgan fingerprint density at radius 1 is 1.00 bits per heavy atom. The van der Waals surface area contributed by atoms with Gasteiger partial charge < -0.3 is 14.7 Å². The lowest BCUT2D eigenvalue weighted by Gasteiger charge is -2.07. The summed E-state index contributed by atoms with van der Waals surface area (Å²) in [6.07, 6.45) is 6.88. The molecule has 5 aromatic heterocycles. The lowest BCUT2D eigenvalue weighted by atomic mass is 10.1. The number of nitrogens with zero attached hydrogens (tertiary/aromatic N) is 8. The smallest absolute Gasteiger partial charge is 0.259 e. The Labute approximate surface area is 221 Å². The number of benzene rings is 1. The maximum absolute atomic E-state index is 12.0. The number of aromatic nitrogens is 7. The zero-order chi connectivity index (χ0) is 26.1. The van der Waals surface area contributed by atoms with Crippen LogP contribution in [-0.4, -0.2) is 33.7 Å². The Morgan fingerprint density at radius 2 is 1.82 bits per heavy atom. The van der Waals surface area contributed by atoms with Gasteiger partial charge in [-0.15, -0.1) is 0 Å². The van der Waals surface area contributed by atoms with E-state index in [4.69, 9.17) is 18.2 Å². The van der Waals surface area contributed by atoms with Crippen LogP contribution in [0.1, 0.15) is 16.8 Å². The third-order valence-corrected chi connectivity index (χ3v) is 6.38. The van der Waals surface area contributed by atoms with Gasteiger partial charge in [0.25, 0.3) is 11.4 Å². The number of anilines is 1. The van der Waals surface area contributed by atoms with E-state index in [2.05, 4.69) is 30.2 Å². The predicted octanol–water partition coefficient (Wildman–Crippen LogP) is 4.55. The molecule has 0 aliphatic rings. The Morgan fingerprint density at radius 3 is 2.61 bits per heavy atom. The molecule has 0 bridgehead atoms. The SMILES string of the molecule is [C-]#[N+]c1c(CNc2ncnc3nn(Cc4ccc(Cn5ccccc5=O)cc4)cc23)nc2cc(Cl)ccn12. The van der Waals surface area contributed by atoms with E-state index in [1.165, 1.54) is 6.33 Å². The third kappa shape index (κ3) is 4.58. The molecule has 38 heavy (non-hydrogen) atoms. The predicted molar refractivity (Wildman–Crippen MR) is 144 cm³/mol. The maximum atomic E-state index is 12.0. The lowest BCUT2D eigenvalue weighted by molar-refractivity contribution is 0.692. The third-order valence-electron chi connectivity index (χ3n) is 6.15. The molecular weight excluding hydrogens is 502 g/mol. The summed E-state index contributed by atoms with van der Waals surface area (Å²) in [7, 11) is 0. The van der Waals surface area contributed by atoms with Gasteiger partial charge in [0.1, 0.15) is 12.1 Å². The Balaban J connectivity index is 1.19. The molecule has 10 nitrogen and oxygen atoms in total. The molecule has 0 fully saturated rings. The topological polar surface area (TPSA) is 99.3 Å². The molecule has 0 aliphatic carbocycles. The van der Waals surface area contributed by atoms with Crippen LogP contribution in [0.4, 0.5) is 11.6 Å². The molecule has 6 aromatic rings. The maximum Gasteiger partial charge on any atom is 0.259 e. The van der Waals surface area contributed by atoms with E-state index in [1.54, 1.807) is 45.6 Å². The van der Waals surface area contributed by atoms with Gasteiger partial charge in [0.05, 0.1) is 36.9 Å². The largest absolute Gasteiger partial charge is 0.365 e. The van der Waals surface area contributed by atoms with Gasteiger partial charge in [-0.1, -0.05) is 48.5 Å². The van der Waals surface area contributed by atoms with Crippen molar-refractivity contribution in [3.05, 3.63) is 123 Å². The Kier molecular flexibility index (Phi) is 6.03. The van der Waals surface area contributed by atoms with Crippen molar-refractivity contribution in [2.24, 2.45) is 0 Å². The molecule has 11 heteroatoms. The molecular formula is C27H20ClN9O. The average Bonchev–Trinajstić information content (AvgIpc) is 3.50. The molecule has 0 radical (unpaired) electrons. The van der Waals surface area contributed by atoms with Crippen LogP contribution in [0.3, 0.4) is 0 Å². The van der Waals surface area contributed by atoms with Gasteiger partial charge in [-0.05, 0) is 23.3 Å².